The van der Waals surface area contributed by atoms with E-state index in [1.807, 2.05) is 0 Å². The zero-order valence-electron chi connectivity index (χ0n) is 16.6. The van der Waals surface area contributed by atoms with Gasteiger partial charge in [0, 0.05) is 17.1 Å². The van der Waals surface area contributed by atoms with Crippen molar-refractivity contribution < 1.29 is 14.4 Å². The highest BCUT2D eigenvalue weighted by molar-refractivity contribution is 8.00. The molecule has 0 radical (unpaired) electrons. The van der Waals surface area contributed by atoms with Crippen molar-refractivity contribution in [2.45, 2.75) is 50.3 Å². The molecule has 1 saturated heterocycles. The van der Waals surface area contributed by atoms with E-state index in [2.05, 4.69) is 9.97 Å². The van der Waals surface area contributed by atoms with Gasteiger partial charge in [0.1, 0.15) is 10.9 Å². The fourth-order valence-corrected chi connectivity index (χ4v) is 4.88. The molecule has 6 nitrogen and oxygen atoms in total. The minimum Gasteiger partial charge on any atom is -0.294 e. The third-order valence-electron chi connectivity index (χ3n) is 4.75. The summed E-state index contributed by atoms with van der Waals surface area (Å²) in [6.45, 7) is 5.36. The van der Waals surface area contributed by atoms with E-state index in [4.69, 9.17) is 11.6 Å². The topological polar surface area (TPSA) is 80.2 Å². The summed E-state index contributed by atoms with van der Waals surface area (Å²) in [5.74, 6) is -0.179. The minimum atomic E-state index is -0.486. The van der Waals surface area contributed by atoms with Crippen LogP contribution >= 0.6 is 23.4 Å². The van der Waals surface area contributed by atoms with Crippen LogP contribution < -0.4 is 0 Å². The number of likely N-dealkylation sites (tertiary alicyclic amines) is 1. The predicted molar refractivity (Wildman–Crippen MR) is 113 cm³/mol. The fourth-order valence-electron chi connectivity index (χ4n) is 3.37. The molecular formula is C21H22ClN3O3S. The normalized spacial score (nSPS) is 17.2. The average Bonchev–Trinajstić information content (AvgIpc) is 2.83. The highest BCUT2D eigenvalue weighted by Gasteiger charge is 2.33. The molecule has 1 unspecified atom stereocenters. The zero-order chi connectivity index (χ0) is 21.1. The van der Waals surface area contributed by atoms with E-state index in [0.717, 1.165) is 12.8 Å². The van der Waals surface area contributed by atoms with E-state index < -0.39 is 5.25 Å². The van der Waals surface area contributed by atoms with Crippen LogP contribution in [0.15, 0.2) is 29.3 Å². The molecule has 1 aliphatic heterocycles. The summed E-state index contributed by atoms with van der Waals surface area (Å²) in [6.07, 6.45) is 2.17. The molecule has 1 aromatic carbocycles. The largest absolute Gasteiger partial charge is 0.294 e. The van der Waals surface area contributed by atoms with Gasteiger partial charge in [0.2, 0.25) is 5.91 Å². The lowest BCUT2D eigenvalue weighted by atomic mass is 10.2. The highest BCUT2D eigenvalue weighted by atomic mass is 35.5. The summed E-state index contributed by atoms with van der Waals surface area (Å²) in [4.78, 5) is 48.3. The average molecular weight is 432 g/mol. The van der Waals surface area contributed by atoms with Crippen LogP contribution in [0.1, 0.15) is 58.4 Å². The van der Waals surface area contributed by atoms with Crippen LogP contribution in [0.4, 0.5) is 0 Å². The van der Waals surface area contributed by atoms with Gasteiger partial charge in [-0.05, 0) is 57.9 Å². The van der Waals surface area contributed by atoms with Gasteiger partial charge in [-0.3, -0.25) is 19.3 Å². The lowest BCUT2D eigenvalue weighted by Crippen LogP contribution is -2.41. The first-order valence-corrected chi connectivity index (χ1v) is 10.7. The Morgan fingerprint density at radius 2 is 1.83 bits per heavy atom. The van der Waals surface area contributed by atoms with Crippen LogP contribution in [-0.4, -0.2) is 44.3 Å². The van der Waals surface area contributed by atoms with Crippen molar-refractivity contribution in [1.29, 1.82) is 0 Å². The van der Waals surface area contributed by atoms with Crippen molar-refractivity contribution in [2.75, 3.05) is 6.54 Å². The third-order valence-corrected chi connectivity index (χ3v) is 6.24. The molecule has 152 valence electrons. The van der Waals surface area contributed by atoms with Crippen LogP contribution in [-0.2, 0) is 4.79 Å². The van der Waals surface area contributed by atoms with Crippen LogP contribution in [0, 0.1) is 13.8 Å². The maximum Gasteiger partial charge on any atom is 0.260 e. The number of thioether (sulfide) groups is 1. The summed E-state index contributed by atoms with van der Waals surface area (Å²) >= 11 is 7.15. The molecule has 0 N–H and O–H groups in total. The zero-order valence-corrected chi connectivity index (χ0v) is 18.1. The molecule has 1 fully saturated rings. The van der Waals surface area contributed by atoms with Gasteiger partial charge < -0.3 is 0 Å². The smallest absolute Gasteiger partial charge is 0.260 e. The summed E-state index contributed by atoms with van der Waals surface area (Å²) in [6, 6.07) is 6.51. The van der Waals surface area contributed by atoms with Crippen LogP contribution in [0.3, 0.4) is 0 Å². The molecule has 2 aromatic rings. The van der Waals surface area contributed by atoms with E-state index in [9.17, 15) is 14.4 Å². The highest BCUT2D eigenvalue weighted by Crippen LogP contribution is 2.32. The minimum absolute atomic E-state index is 0.139. The molecule has 1 atom stereocenters. The maximum atomic E-state index is 13.2. The number of hydrogen-bond donors (Lipinski definition) is 0. The van der Waals surface area contributed by atoms with Crippen molar-refractivity contribution >= 4 is 41.0 Å². The lowest BCUT2D eigenvalue weighted by Gasteiger charge is -2.23. The Bertz CT molecular complexity index is 962. The first-order chi connectivity index (χ1) is 13.8. The van der Waals surface area contributed by atoms with Crippen molar-refractivity contribution in [1.82, 2.24) is 14.9 Å². The molecule has 2 heterocycles. The standard InChI is InChI=1S/C21H22ClN3O3S/c1-12-18(13(2)26)19(24-14(3)23-12)29-17-6-4-5-11-25(21(17)28)20(27)15-7-9-16(22)10-8-15/h7-10,17H,4-6,11H2,1-3H3. The van der Waals surface area contributed by atoms with Gasteiger partial charge in [-0.15, -0.1) is 0 Å². The quantitative estimate of drug-likeness (QED) is 0.408. The molecule has 2 amide bonds. The first-order valence-electron chi connectivity index (χ1n) is 9.42. The SMILES string of the molecule is CC(=O)c1c(C)nc(C)nc1SC1CCCCN(C(=O)c2ccc(Cl)cc2)C1=O. The number of carbonyl (C=O) groups is 3. The van der Waals surface area contributed by atoms with Crippen molar-refractivity contribution in [3.63, 3.8) is 0 Å². The molecule has 0 aliphatic carbocycles. The van der Waals surface area contributed by atoms with Crippen molar-refractivity contribution in [3.8, 4) is 0 Å². The summed E-state index contributed by atoms with van der Waals surface area (Å²) in [5, 5.41) is 0.547. The van der Waals surface area contributed by atoms with Gasteiger partial charge in [-0.25, -0.2) is 9.97 Å². The molecule has 0 spiro atoms. The third kappa shape index (κ3) is 4.85. The number of imide groups is 1. The fraction of sp³-hybridized carbons (Fsp3) is 0.381. The number of Topliss-reactive ketones (excluding diaryl/α,β-unsaturated/α-hetero) is 1. The molecule has 1 aromatic heterocycles. The number of benzene rings is 1. The lowest BCUT2D eigenvalue weighted by molar-refractivity contribution is -0.127. The van der Waals surface area contributed by atoms with Gasteiger partial charge >= 0.3 is 0 Å². The Morgan fingerprint density at radius 1 is 1.14 bits per heavy atom. The summed E-state index contributed by atoms with van der Waals surface area (Å²) < 4.78 is 0. The molecule has 0 saturated carbocycles. The maximum absolute atomic E-state index is 13.2. The van der Waals surface area contributed by atoms with Crippen LogP contribution in [0.5, 0.6) is 0 Å². The molecule has 29 heavy (non-hydrogen) atoms. The predicted octanol–water partition coefficient (Wildman–Crippen LogP) is 4.26. The monoisotopic (exact) mass is 431 g/mol. The molecule has 0 bridgehead atoms. The number of halogens is 1. The number of nitrogens with zero attached hydrogens (tertiary/aromatic N) is 3. The van der Waals surface area contributed by atoms with Gasteiger partial charge in [-0.1, -0.05) is 29.8 Å². The Labute approximate surface area is 179 Å². The van der Waals surface area contributed by atoms with Gasteiger partial charge in [0.15, 0.2) is 5.78 Å². The molecule has 8 heteroatoms. The number of carbonyl (C=O) groups excluding carboxylic acids is 3. The second kappa shape index (κ2) is 9.05. The number of hydrogen-bond acceptors (Lipinski definition) is 6. The van der Waals surface area contributed by atoms with Crippen molar-refractivity contribution in [2.24, 2.45) is 0 Å². The number of amides is 2. The number of aryl methyl sites for hydroxylation is 2. The number of ketones is 1. The molecular weight excluding hydrogens is 410 g/mol. The van der Waals surface area contributed by atoms with Crippen LogP contribution in [0.2, 0.25) is 5.02 Å². The number of aromatic nitrogens is 2. The Hall–Kier alpha value is -2.25. The van der Waals surface area contributed by atoms with Gasteiger partial charge in [-0.2, -0.15) is 0 Å². The van der Waals surface area contributed by atoms with E-state index in [-0.39, 0.29) is 17.6 Å². The Kier molecular flexibility index (Phi) is 6.70. The van der Waals surface area contributed by atoms with E-state index >= 15 is 0 Å². The summed E-state index contributed by atoms with van der Waals surface area (Å²) in [5.41, 5.74) is 1.46. The second-order valence-electron chi connectivity index (χ2n) is 7.00. The Balaban J connectivity index is 1.89. The van der Waals surface area contributed by atoms with E-state index in [1.165, 1.54) is 23.6 Å². The number of rotatable bonds is 4. The van der Waals surface area contributed by atoms with E-state index in [0.29, 0.717) is 45.7 Å². The second-order valence-corrected chi connectivity index (χ2v) is 8.62. The summed E-state index contributed by atoms with van der Waals surface area (Å²) in [7, 11) is 0. The van der Waals surface area contributed by atoms with E-state index in [1.54, 1.807) is 38.1 Å². The van der Waals surface area contributed by atoms with Gasteiger partial charge in [0.05, 0.1) is 16.5 Å². The first kappa shape index (κ1) is 21.5. The van der Waals surface area contributed by atoms with Crippen LogP contribution in [0.25, 0.3) is 0 Å². The molecule has 1 aliphatic rings. The van der Waals surface area contributed by atoms with Crippen molar-refractivity contribution in [3.05, 3.63) is 51.9 Å². The Morgan fingerprint density at radius 3 is 2.48 bits per heavy atom. The van der Waals surface area contributed by atoms with Gasteiger partial charge in [0.25, 0.3) is 5.91 Å². The molecule has 3 rings (SSSR count).